The van der Waals surface area contributed by atoms with Gasteiger partial charge >= 0.3 is 0 Å². The van der Waals surface area contributed by atoms with Gasteiger partial charge < -0.3 is 5.32 Å². The van der Waals surface area contributed by atoms with Crippen LogP contribution in [0.15, 0.2) is 42.5 Å². The topological polar surface area (TPSA) is 49.4 Å². The predicted octanol–water partition coefficient (Wildman–Crippen LogP) is 5.26. The molecule has 2 aromatic carbocycles. The molecule has 1 atom stereocenters. The number of unbranched alkanes of at least 4 members (excludes halogenated alkanes) is 2. The zero-order chi connectivity index (χ0) is 20.1. The second-order valence-electron chi connectivity index (χ2n) is 6.62. The van der Waals surface area contributed by atoms with Gasteiger partial charge in [0, 0.05) is 23.7 Å². The number of para-hydroxylation sites is 1. The van der Waals surface area contributed by atoms with E-state index in [4.69, 9.17) is 0 Å². The minimum Gasteiger partial charge on any atom is -0.326 e. The minimum atomic E-state index is -0.790. The lowest BCUT2D eigenvalue weighted by atomic mass is 10.1. The van der Waals surface area contributed by atoms with Gasteiger partial charge in [0.05, 0.1) is 11.4 Å². The molecule has 1 aliphatic heterocycles. The third-order valence-corrected chi connectivity index (χ3v) is 5.74. The van der Waals surface area contributed by atoms with Gasteiger partial charge in [0.1, 0.15) is 17.0 Å². The Hall–Kier alpha value is -2.41. The lowest BCUT2D eigenvalue weighted by molar-refractivity contribution is -0.116. The highest BCUT2D eigenvalue weighted by atomic mass is 32.2. The SMILES string of the molecule is CCCCCC(=O)Nc1ccccc1[C@@H]1SCC(=O)N1c1ccc(F)cc1F. The highest BCUT2D eigenvalue weighted by Gasteiger charge is 2.36. The smallest absolute Gasteiger partial charge is 0.238 e. The number of rotatable bonds is 7. The Balaban J connectivity index is 1.87. The van der Waals surface area contributed by atoms with Crippen molar-refractivity contribution in [2.75, 3.05) is 16.0 Å². The molecule has 0 spiro atoms. The van der Waals surface area contributed by atoms with Gasteiger partial charge in [-0.25, -0.2) is 8.78 Å². The average molecular weight is 404 g/mol. The third-order valence-electron chi connectivity index (χ3n) is 4.55. The molecular formula is C21H22F2N2O2S. The maximum absolute atomic E-state index is 14.3. The number of anilines is 2. The number of amides is 2. The van der Waals surface area contributed by atoms with Crippen LogP contribution in [0.2, 0.25) is 0 Å². The molecule has 2 amide bonds. The standard InChI is InChI=1S/C21H22F2N2O2S/c1-2-3-4-9-19(26)24-17-8-6-5-7-15(17)21-25(20(27)13-28-21)18-11-10-14(22)12-16(18)23/h5-8,10-12,21H,2-4,9,13H2,1H3,(H,24,26)/t21-/m0/s1. The summed E-state index contributed by atoms with van der Waals surface area (Å²) < 4.78 is 27.6. The molecule has 1 heterocycles. The van der Waals surface area contributed by atoms with E-state index in [0.717, 1.165) is 31.4 Å². The summed E-state index contributed by atoms with van der Waals surface area (Å²) in [4.78, 5) is 26.1. The lowest BCUT2D eigenvalue weighted by Gasteiger charge is -2.26. The van der Waals surface area contributed by atoms with Crippen molar-refractivity contribution in [3.63, 3.8) is 0 Å². The van der Waals surface area contributed by atoms with Crippen LogP contribution in [0.25, 0.3) is 0 Å². The molecule has 4 nitrogen and oxygen atoms in total. The van der Waals surface area contributed by atoms with Crippen LogP contribution < -0.4 is 10.2 Å². The Morgan fingerprint density at radius 2 is 2.00 bits per heavy atom. The van der Waals surface area contributed by atoms with Gasteiger partial charge in [-0.15, -0.1) is 11.8 Å². The Labute approximate surface area is 167 Å². The first kappa shape index (κ1) is 20.3. The van der Waals surface area contributed by atoms with Crippen LogP contribution in [0.1, 0.15) is 43.5 Å². The molecule has 148 valence electrons. The summed E-state index contributed by atoms with van der Waals surface area (Å²) in [6.45, 7) is 2.07. The van der Waals surface area contributed by atoms with E-state index in [1.807, 2.05) is 12.1 Å². The monoisotopic (exact) mass is 404 g/mol. The first-order valence-electron chi connectivity index (χ1n) is 9.28. The number of carbonyl (C=O) groups excluding carboxylic acids is 2. The summed E-state index contributed by atoms with van der Waals surface area (Å²) >= 11 is 1.35. The summed E-state index contributed by atoms with van der Waals surface area (Å²) in [5, 5.41) is 2.41. The molecule has 2 aromatic rings. The first-order chi connectivity index (χ1) is 13.5. The number of benzene rings is 2. The van der Waals surface area contributed by atoms with Crippen LogP contribution in [0.3, 0.4) is 0 Å². The lowest BCUT2D eigenvalue weighted by Crippen LogP contribution is -2.29. The molecule has 3 rings (SSSR count). The van der Waals surface area contributed by atoms with E-state index in [-0.39, 0.29) is 23.3 Å². The summed E-state index contributed by atoms with van der Waals surface area (Å²) in [6.07, 6.45) is 3.26. The maximum atomic E-state index is 14.3. The molecule has 0 aromatic heterocycles. The van der Waals surface area contributed by atoms with Crippen molar-refractivity contribution in [2.45, 2.75) is 38.0 Å². The molecule has 0 bridgehead atoms. The van der Waals surface area contributed by atoms with Crippen LogP contribution >= 0.6 is 11.8 Å². The number of nitrogens with one attached hydrogen (secondary N) is 1. The molecule has 28 heavy (non-hydrogen) atoms. The normalized spacial score (nSPS) is 16.5. The van der Waals surface area contributed by atoms with Crippen LogP contribution in [0.5, 0.6) is 0 Å². The fourth-order valence-corrected chi connectivity index (χ4v) is 4.37. The number of thioether (sulfide) groups is 1. The van der Waals surface area contributed by atoms with Crippen LogP contribution in [-0.4, -0.2) is 17.6 Å². The van der Waals surface area contributed by atoms with E-state index in [1.165, 1.54) is 22.7 Å². The van der Waals surface area contributed by atoms with Gasteiger partial charge in [-0.05, 0) is 24.6 Å². The molecular weight excluding hydrogens is 382 g/mol. The van der Waals surface area contributed by atoms with Crippen LogP contribution in [0, 0.1) is 11.6 Å². The highest BCUT2D eigenvalue weighted by Crippen LogP contribution is 2.44. The third kappa shape index (κ3) is 4.52. The molecule has 0 radical (unpaired) electrons. The molecule has 1 N–H and O–H groups in total. The van der Waals surface area contributed by atoms with Gasteiger partial charge in [-0.3, -0.25) is 14.5 Å². The molecule has 1 aliphatic rings. The van der Waals surface area contributed by atoms with Gasteiger partial charge in [0.25, 0.3) is 0 Å². The predicted molar refractivity (Wildman–Crippen MR) is 108 cm³/mol. The number of carbonyl (C=O) groups is 2. The first-order valence-corrected chi connectivity index (χ1v) is 10.3. The van der Waals surface area contributed by atoms with Crippen molar-refractivity contribution >= 4 is 35.0 Å². The van der Waals surface area contributed by atoms with Crippen molar-refractivity contribution in [2.24, 2.45) is 0 Å². The number of hydrogen-bond donors (Lipinski definition) is 1. The van der Waals surface area contributed by atoms with Gasteiger partial charge in [-0.1, -0.05) is 38.0 Å². The second-order valence-corrected chi connectivity index (χ2v) is 7.68. The number of halogens is 2. The highest BCUT2D eigenvalue weighted by molar-refractivity contribution is 8.00. The minimum absolute atomic E-state index is 0.0328. The fraction of sp³-hybridized carbons (Fsp3) is 0.333. The van der Waals surface area contributed by atoms with E-state index >= 15 is 0 Å². The molecule has 7 heteroatoms. The molecule has 0 unspecified atom stereocenters. The van der Waals surface area contributed by atoms with Crippen molar-refractivity contribution in [1.82, 2.24) is 0 Å². The second kappa shape index (κ2) is 9.19. The quantitative estimate of drug-likeness (QED) is 0.640. The molecule has 1 fully saturated rings. The van der Waals surface area contributed by atoms with Gasteiger partial charge in [0.15, 0.2) is 0 Å². The zero-order valence-electron chi connectivity index (χ0n) is 15.6. The number of nitrogens with zero attached hydrogens (tertiary/aromatic N) is 1. The Morgan fingerprint density at radius 1 is 1.21 bits per heavy atom. The Morgan fingerprint density at radius 3 is 2.75 bits per heavy atom. The van der Waals surface area contributed by atoms with Crippen molar-refractivity contribution in [3.05, 3.63) is 59.7 Å². The summed E-state index contributed by atoms with van der Waals surface area (Å²) in [5.41, 5.74) is 1.35. The summed E-state index contributed by atoms with van der Waals surface area (Å²) in [7, 11) is 0. The van der Waals surface area contributed by atoms with E-state index < -0.39 is 17.0 Å². The number of hydrogen-bond acceptors (Lipinski definition) is 3. The van der Waals surface area contributed by atoms with Crippen molar-refractivity contribution < 1.29 is 18.4 Å². The van der Waals surface area contributed by atoms with Gasteiger partial charge in [-0.2, -0.15) is 0 Å². The largest absolute Gasteiger partial charge is 0.326 e. The van der Waals surface area contributed by atoms with Crippen LogP contribution in [-0.2, 0) is 9.59 Å². The van der Waals surface area contributed by atoms with E-state index in [1.54, 1.807) is 12.1 Å². The maximum Gasteiger partial charge on any atom is 0.238 e. The molecule has 0 aliphatic carbocycles. The molecule has 0 saturated carbocycles. The van der Waals surface area contributed by atoms with Crippen molar-refractivity contribution in [1.29, 1.82) is 0 Å². The van der Waals surface area contributed by atoms with E-state index in [2.05, 4.69) is 12.2 Å². The summed E-state index contributed by atoms with van der Waals surface area (Å²) in [6, 6.07) is 10.4. The van der Waals surface area contributed by atoms with E-state index in [9.17, 15) is 18.4 Å². The van der Waals surface area contributed by atoms with E-state index in [0.29, 0.717) is 17.7 Å². The van der Waals surface area contributed by atoms with Crippen LogP contribution in [0.4, 0.5) is 20.2 Å². The molecule has 1 saturated heterocycles. The fourth-order valence-electron chi connectivity index (χ4n) is 3.17. The zero-order valence-corrected chi connectivity index (χ0v) is 16.4. The summed E-state index contributed by atoms with van der Waals surface area (Å²) in [5.74, 6) is -1.65. The van der Waals surface area contributed by atoms with Crippen molar-refractivity contribution in [3.8, 4) is 0 Å². The van der Waals surface area contributed by atoms with Gasteiger partial charge in [0.2, 0.25) is 11.8 Å². The Kier molecular flexibility index (Phi) is 6.67. The Bertz CT molecular complexity index is 875. The average Bonchev–Trinajstić information content (AvgIpc) is 3.04.